The Kier molecular flexibility index (Phi) is 3.38. The van der Waals surface area contributed by atoms with Crippen LogP contribution < -0.4 is 0 Å². The Balaban J connectivity index is 2.74. The molecule has 0 amide bonds. The molecule has 2 heterocycles. The van der Waals surface area contributed by atoms with Crippen molar-refractivity contribution in [3.63, 3.8) is 0 Å². The molecule has 2 rings (SSSR count). The lowest BCUT2D eigenvalue weighted by molar-refractivity contribution is 0.0598. The molecule has 0 radical (unpaired) electrons. The summed E-state index contributed by atoms with van der Waals surface area (Å²) in [6, 6.07) is 3.20. The monoisotopic (exact) mass is 266 g/mol. The number of esters is 1. The first kappa shape index (κ1) is 12.3. The van der Waals surface area contributed by atoms with Crippen LogP contribution in [0.3, 0.4) is 0 Å². The Morgan fingerprint density at radius 3 is 2.83 bits per heavy atom. The molecule has 2 aromatic heterocycles. The Morgan fingerprint density at radius 1 is 1.50 bits per heavy atom. The molecule has 0 N–H and O–H groups in total. The van der Waals surface area contributed by atoms with Gasteiger partial charge in [-0.25, -0.2) is 14.8 Å². The third-order valence-electron chi connectivity index (χ3n) is 2.17. The van der Waals surface area contributed by atoms with Crippen molar-refractivity contribution in [1.82, 2.24) is 9.97 Å². The first-order valence-corrected chi connectivity index (χ1v) is 5.20. The molecule has 7 heteroatoms. The number of methoxy groups -OCH3 is 1. The molecule has 0 aliphatic heterocycles. The van der Waals surface area contributed by atoms with Crippen LogP contribution in [0.15, 0.2) is 22.8 Å². The highest BCUT2D eigenvalue weighted by Gasteiger charge is 2.23. The molecule has 0 bridgehead atoms. The quantitative estimate of drug-likeness (QED) is 0.480. The fourth-order valence-electron chi connectivity index (χ4n) is 1.43. The molecule has 0 saturated heterocycles. The van der Waals surface area contributed by atoms with Crippen LogP contribution in [0.25, 0.3) is 11.5 Å². The molecule has 0 aliphatic rings. The maximum Gasteiger partial charge on any atom is 0.342 e. The van der Waals surface area contributed by atoms with Gasteiger partial charge in [0.1, 0.15) is 17.0 Å². The van der Waals surface area contributed by atoms with E-state index in [4.69, 9.17) is 16.0 Å². The van der Waals surface area contributed by atoms with E-state index in [0.29, 0.717) is 12.0 Å². The summed E-state index contributed by atoms with van der Waals surface area (Å²) in [6.45, 7) is 0. The van der Waals surface area contributed by atoms with Crippen molar-refractivity contribution < 1.29 is 18.7 Å². The Labute approximate surface area is 107 Å². The lowest BCUT2D eigenvalue weighted by atomic mass is 10.1. The molecule has 0 saturated carbocycles. The standard InChI is InChI=1S/C11H7ClN2O4/c1-17-10(16)8-6(5-15)13-11(12)14-9(8)7-3-2-4-18-7/h2-5H,1H3. The average Bonchev–Trinajstić information content (AvgIpc) is 2.90. The summed E-state index contributed by atoms with van der Waals surface area (Å²) < 4.78 is 9.73. The van der Waals surface area contributed by atoms with Crippen molar-refractivity contribution in [2.75, 3.05) is 7.11 Å². The summed E-state index contributed by atoms with van der Waals surface area (Å²) >= 11 is 5.69. The summed E-state index contributed by atoms with van der Waals surface area (Å²) in [5.41, 5.74) is -0.103. The van der Waals surface area contributed by atoms with Gasteiger partial charge in [0, 0.05) is 0 Å². The van der Waals surface area contributed by atoms with E-state index >= 15 is 0 Å². The second-order valence-corrected chi connectivity index (χ2v) is 3.53. The number of aldehydes is 1. The number of aromatic nitrogens is 2. The summed E-state index contributed by atoms with van der Waals surface area (Å²) in [4.78, 5) is 30.2. The summed E-state index contributed by atoms with van der Waals surface area (Å²) in [7, 11) is 1.19. The Bertz CT molecular complexity index is 595. The van der Waals surface area contributed by atoms with Crippen LogP contribution in [0.5, 0.6) is 0 Å². The number of nitrogens with zero attached hydrogens (tertiary/aromatic N) is 2. The minimum absolute atomic E-state index is 0.0770. The number of carbonyl (C=O) groups excluding carboxylic acids is 2. The van der Waals surface area contributed by atoms with E-state index in [1.165, 1.54) is 13.4 Å². The maximum atomic E-state index is 11.7. The van der Waals surface area contributed by atoms with Gasteiger partial charge in [-0.05, 0) is 23.7 Å². The lowest BCUT2D eigenvalue weighted by Gasteiger charge is -2.07. The Hall–Kier alpha value is -2.21. The third kappa shape index (κ3) is 2.10. The van der Waals surface area contributed by atoms with Gasteiger partial charge in [0.25, 0.3) is 0 Å². The van der Waals surface area contributed by atoms with E-state index in [9.17, 15) is 9.59 Å². The predicted octanol–water partition coefficient (Wildman–Crippen LogP) is 1.99. The smallest absolute Gasteiger partial charge is 0.342 e. The second kappa shape index (κ2) is 4.97. The molecule has 6 nitrogen and oxygen atoms in total. The van der Waals surface area contributed by atoms with Crippen molar-refractivity contribution >= 4 is 23.9 Å². The van der Waals surface area contributed by atoms with Crippen molar-refractivity contribution in [2.45, 2.75) is 0 Å². The van der Waals surface area contributed by atoms with Gasteiger partial charge in [0.2, 0.25) is 5.28 Å². The minimum atomic E-state index is -0.736. The minimum Gasteiger partial charge on any atom is -0.465 e. The molecule has 0 aromatic carbocycles. The summed E-state index contributed by atoms with van der Waals surface area (Å²) in [5, 5.41) is -0.156. The average molecular weight is 267 g/mol. The van der Waals surface area contributed by atoms with Crippen molar-refractivity contribution in [3.05, 3.63) is 34.9 Å². The molecule has 0 fully saturated rings. The zero-order chi connectivity index (χ0) is 13.1. The molecule has 0 unspecified atom stereocenters. The fraction of sp³-hybridized carbons (Fsp3) is 0.0909. The van der Waals surface area contributed by atoms with Crippen LogP contribution in [0, 0.1) is 0 Å². The largest absolute Gasteiger partial charge is 0.465 e. The SMILES string of the molecule is COC(=O)c1c(C=O)nc(Cl)nc1-c1ccco1. The molecular formula is C11H7ClN2O4. The molecule has 0 aliphatic carbocycles. The van der Waals surface area contributed by atoms with Gasteiger partial charge < -0.3 is 9.15 Å². The van der Waals surface area contributed by atoms with E-state index in [1.54, 1.807) is 12.1 Å². The zero-order valence-corrected chi connectivity index (χ0v) is 9.97. The maximum absolute atomic E-state index is 11.7. The number of hydrogen-bond donors (Lipinski definition) is 0. The number of carbonyl (C=O) groups is 2. The van der Waals surface area contributed by atoms with E-state index in [2.05, 4.69) is 14.7 Å². The molecular weight excluding hydrogens is 260 g/mol. The summed E-state index contributed by atoms with van der Waals surface area (Å²) in [5.74, 6) is -0.442. The van der Waals surface area contributed by atoms with E-state index in [0.717, 1.165) is 0 Å². The van der Waals surface area contributed by atoms with Crippen LogP contribution in [-0.2, 0) is 4.74 Å². The van der Waals surface area contributed by atoms with Gasteiger partial charge in [0.05, 0.1) is 13.4 Å². The van der Waals surface area contributed by atoms with Gasteiger partial charge in [-0.15, -0.1) is 0 Å². The third-order valence-corrected chi connectivity index (χ3v) is 2.33. The molecule has 0 atom stereocenters. The first-order valence-electron chi connectivity index (χ1n) is 4.82. The highest BCUT2D eigenvalue weighted by molar-refractivity contribution is 6.28. The van der Waals surface area contributed by atoms with E-state index in [1.807, 2.05) is 0 Å². The van der Waals surface area contributed by atoms with Crippen LogP contribution >= 0.6 is 11.6 Å². The number of hydrogen-bond acceptors (Lipinski definition) is 6. The van der Waals surface area contributed by atoms with E-state index in [-0.39, 0.29) is 22.2 Å². The highest BCUT2D eigenvalue weighted by Crippen LogP contribution is 2.25. The number of rotatable bonds is 3. The van der Waals surface area contributed by atoms with Gasteiger partial charge in [-0.3, -0.25) is 4.79 Å². The molecule has 2 aromatic rings. The first-order chi connectivity index (χ1) is 8.67. The van der Waals surface area contributed by atoms with E-state index < -0.39 is 5.97 Å². The van der Waals surface area contributed by atoms with Gasteiger partial charge in [-0.1, -0.05) is 0 Å². The number of halogens is 1. The molecule has 18 heavy (non-hydrogen) atoms. The molecule has 92 valence electrons. The van der Waals surface area contributed by atoms with Crippen molar-refractivity contribution in [2.24, 2.45) is 0 Å². The van der Waals surface area contributed by atoms with Crippen LogP contribution in [0.4, 0.5) is 0 Å². The number of furan rings is 1. The van der Waals surface area contributed by atoms with Crippen LogP contribution in [-0.4, -0.2) is 29.3 Å². The van der Waals surface area contributed by atoms with Crippen molar-refractivity contribution in [1.29, 1.82) is 0 Å². The Morgan fingerprint density at radius 2 is 2.28 bits per heavy atom. The zero-order valence-electron chi connectivity index (χ0n) is 9.21. The summed E-state index contributed by atoms with van der Waals surface area (Å²) in [6.07, 6.45) is 1.82. The van der Waals surface area contributed by atoms with Crippen molar-refractivity contribution in [3.8, 4) is 11.5 Å². The predicted molar refractivity (Wildman–Crippen MR) is 61.5 cm³/mol. The fourth-order valence-corrected chi connectivity index (χ4v) is 1.61. The lowest BCUT2D eigenvalue weighted by Crippen LogP contribution is -2.11. The van der Waals surface area contributed by atoms with Gasteiger partial charge >= 0.3 is 5.97 Å². The topological polar surface area (TPSA) is 82.3 Å². The highest BCUT2D eigenvalue weighted by atomic mass is 35.5. The number of ether oxygens (including phenoxy) is 1. The van der Waals surface area contributed by atoms with Crippen LogP contribution in [0.2, 0.25) is 5.28 Å². The molecule has 0 spiro atoms. The normalized spacial score (nSPS) is 10.1. The van der Waals surface area contributed by atoms with Gasteiger partial charge in [0.15, 0.2) is 12.0 Å². The van der Waals surface area contributed by atoms with Gasteiger partial charge in [-0.2, -0.15) is 0 Å². The second-order valence-electron chi connectivity index (χ2n) is 3.19. The van der Waals surface area contributed by atoms with Crippen LogP contribution in [0.1, 0.15) is 20.8 Å².